The number of nitrogens with one attached hydrogen (secondary N) is 1. The number of aromatic nitrogens is 1. The number of benzene rings is 1. The van der Waals surface area contributed by atoms with Crippen LogP contribution in [0.1, 0.15) is 11.3 Å². The van der Waals surface area contributed by atoms with Crippen LogP contribution in [0.2, 0.25) is 0 Å². The lowest BCUT2D eigenvalue weighted by Gasteiger charge is -2.36. The molecule has 0 atom stereocenters. The van der Waals surface area contributed by atoms with Gasteiger partial charge in [-0.25, -0.2) is 0 Å². The largest absolute Gasteiger partial charge is 0.364 e. The minimum absolute atomic E-state index is 0. The third kappa shape index (κ3) is 5.63. The van der Waals surface area contributed by atoms with Crippen LogP contribution in [0, 0.1) is 10.1 Å². The Hall–Kier alpha value is -2.21. The zero-order valence-electron chi connectivity index (χ0n) is 15.1. The first-order valence-corrected chi connectivity index (χ1v) is 8.47. The summed E-state index contributed by atoms with van der Waals surface area (Å²) < 4.78 is 4.87. The number of nitro groups is 1. The van der Waals surface area contributed by atoms with Crippen LogP contribution in [-0.4, -0.2) is 59.1 Å². The second-order valence-corrected chi connectivity index (χ2v) is 6.04. The molecule has 1 aliphatic heterocycles. The minimum Gasteiger partial charge on any atom is -0.364 e. The number of nitro benzene ring substituents is 1. The summed E-state index contributed by atoms with van der Waals surface area (Å²) in [7, 11) is 1.73. The molecule has 0 spiro atoms. The normalized spacial score (nSPS) is 15.3. The Bertz CT molecular complexity index is 760. The molecule has 0 radical (unpaired) electrons. The fraction of sp³-hybridized carbons (Fsp3) is 0.412. The van der Waals surface area contributed by atoms with Gasteiger partial charge in [0.1, 0.15) is 6.26 Å². The molecule has 0 aliphatic carbocycles. The van der Waals surface area contributed by atoms with Crippen LogP contribution < -0.4 is 5.32 Å². The molecule has 2 heterocycles. The summed E-state index contributed by atoms with van der Waals surface area (Å²) in [6.07, 6.45) is 1.58. The van der Waals surface area contributed by atoms with Crippen molar-refractivity contribution in [3.05, 3.63) is 58.0 Å². The van der Waals surface area contributed by atoms with Crippen LogP contribution in [0.15, 0.2) is 46.1 Å². The molecule has 1 saturated heterocycles. The van der Waals surface area contributed by atoms with Gasteiger partial charge in [-0.1, -0.05) is 23.4 Å². The SMILES string of the molecule is CN=C(NCc1ccccc1[N+](=O)[O-])N1CCN(Cc2ccon2)CC1.I. The summed E-state index contributed by atoms with van der Waals surface area (Å²) in [5.41, 5.74) is 1.69. The van der Waals surface area contributed by atoms with E-state index in [4.69, 9.17) is 4.52 Å². The van der Waals surface area contributed by atoms with Crippen molar-refractivity contribution in [3.63, 3.8) is 0 Å². The lowest BCUT2D eigenvalue weighted by Crippen LogP contribution is -2.52. The number of nitrogens with zero attached hydrogens (tertiary/aromatic N) is 5. The lowest BCUT2D eigenvalue weighted by atomic mass is 10.2. The highest BCUT2D eigenvalue weighted by Crippen LogP contribution is 2.17. The fourth-order valence-electron chi connectivity index (χ4n) is 3.01. The Balaban J connectivity index is 0.00000261. The van der Waals surface area contributed by atoms with Crippen LogP contribution in [0.4, 0.5) is 5.69 Å². The molecule has 0 bridgehead atoms. The number of hydrogen-bond donors (Lipinski definition) is 1. The van der Waals surface area contributed by atoms with E-state index >= 15 is 0 Å². The molecule has 146 valence electrons. The monoisotopic (exact) mass is 486 g/mol. The van der Waals surface area contributed by atoms with Crippen LogP contribution >= 0.6 is 24.0 Å². The second kappa shape index (κ2) is 10.2. The van der Waals surface area contributed by atoms with Crippen molar-refractivity contribution in [1.29, 1.82) is 0 Å². The van der Waals surface area contributed by atoms with Gasteiger partial charge in [0.2, 0.25) is 0 Å². The average molecular weight is 486 g/mol. The van der Waals surface area contributed by atoms with E-state index in [9.17, 15) is 10.1 Å². The van der Waals surface area contributed by atoms with E-state index in [2.05, 4.69) is 25.3 Å². The summed E-state index contributed by atoms with van der Waals surface area (Å²) >= 11 is 0. The maximum atomic E-state index is 11.1. The van der Waals surface area contributed by atoms with Gasteiger partial charge < -0.3 is 14.7 Å². The van der Waals surface area contributed by atoms with Gasteiger partial charge in [-0.2, -0.15) is 0 Å². The van der Waals surface area contributed by atoms with Crippen molar-refractivity contribution in [3.8, 4) is 0 Å². The van der Waals surface area contributed by atoms with Gasteiger partial charge >= 0.3 is 0 Å². The number of guanidine groups is 1. The molecule has 0 unspecified atom stereocenters. The van der Waals surface area contributed by atoms with E-state index in [1.165, 1.54) is 6.07 Å². The number of hydrogen-bond acceptors (Lipinski definition) is 6. The Labute approximate surface area is 174 Å². The number of piperazine rings is 1. The molecular weight excluding hydrogens is 463 g/mol. The first-order valence-electron chi connectivity index (χ1n) is 8.47. The zero-order chi connectivity index (χ0) is 18.4. The maximum Gasteiger partial charge on any atom is 0.274 e. The first kappa shape index (κ1) is 21.1. The Kier molecular flexibility index (Phi) is 7.98. The molecule has 1 fully saturated rings. The van der Waals surface area contributed by atoms with Crippen molar-refractivity contribution >= 4 is 35.6 Å². The van der Waals surface area contributed by atoms with Gasteiger partial charge in [0.25, 0.3) is 5.69 Å². The van der Waals surface area contributed by atoms with Crippen LogP contribution in [0.3, 0.4) is 0 Å². The van der Waals surface area contributed by atoms with E-state index in [0.717, 1.165) is 44.4 Å². The topological polar surface area (TPSA) is 100 Å². The molecule has 10 heteroatoms. The quantitative estimate of drug-likeness (QED) is 0.227. The maximum absolute atomic E-state index is 11.1. The molecule has 0 saturated carbocycles. The standard InChI is InChI=1S/C17H22N6O3.HI/c1-18-17(19-12-14-4-2-3-5-16(14)23(24)25)22-9-7-21(8-10-22)13-15-6-11-26-20-15;/h2-6,11H,7-10,12-13H2,1H3,(H,18,19);1H. The second-order valence-electron chi connectivity index (χ2n) is 6.04. The van der Waals surface area contributed by atoms with Crippen LogP contribution in [0.5, 0.6) is 0 Å². The molecule has 1 aliphatic rings. The van der Waals surface area contributed by atoms with Crippen molar-refractivity contribution < 1.29 is 9.45 Å². The smallest absolute Gasteiger partial charge is 0.274 e. The average Bonchev–Trinajstić information content (AvgIpc) is 3.17. The third-order valence-corrected chi connectivity index (χ3v) is 4.39. The highest BCUT2D eigenvalue weighted by Gasteiger charge is 2.21. The van der Waals surface area contributed by atoms with Crippen molar-refractivity contribution in [1.82, 2.24) is 20.3 Å². The fourth-order valence-corrected chi connectivity index (χ4v) is 3.01. The highest BCUT2D eigenvalue weighted by atomic mass is 127. The molecule has 3 rings (SSSR count). The predicted molar refractivity (Wildman–Crippen MR) is 112 cm³/mol. The van der Waals surface area contributed by atoms with Gasteiger partial charge in [0, 0.05) is 64.0 Å². The highest BCUT2D eigenvalue weighted by molar-refractivity contribution is 14.0. The molecular formula is C17H23IN6O3. The van der Waals surface area contributed by atoms with Crippen molar-refractivity contribution in [2.45, 2.75) is 13.1 Å². The summed E-state index contributed by atoms with van der Waals surface area (Å²) in [6.45, 7) is 4.57. The Morgan fingerprint density at radius 3 is 2.67 bits per heavy atom. The van der Waals surface area contributed by atoms with E-state index in [1.54, 1.807) is 31.5 Å². The number of aliphatic imine (C=N–C) groups is 1. The zero-order valence-corrected chi connectivity index (χ0v) is 17.4. The van der Waals surface area contributed by atoms with Gasteiger partial charge in [-0.05, 0) is 0 Å². The molecule has 9 nitrogen and oxygen atoms in total. The minimum atomic E-state index is -0.359. The third-order valence-electron chi connectivity index (χ3n) is 4.39. The lowest BCUT2D eigenvalue weighted by molar-refractivity contribution is -0.385. The Morgan fingerprint density at radius 1 is 1.30 bits per heavy atom. The van der Waals surface area contributed by atoms with Crippen molar-refractivity contribution in [2.24, 2.45) is 4.99 Å². The van der Waals surface area contributed by atoms with Gasteiger partial charge in [-0.15, -0.1) is 24.0 Å². The first-order chi connectivity index (χ1) is 12.7. The molecule has 1 aromatic carbocycles. The van der Waals surface area contributed by atoms with Crippen LogP contribution in [-0.2, 0) is 13.1 Å². The van der Waals surface area contributed by atoms with E-state index < -0.39 is 0 Å². The van der Waals surface area contributed by atoms with Gasteiger partial charge in [0.15, 0.2) is 5.96 Å². The van der Waals surface area contributed by atoms with Gasteiger partial charge in [0.05, 0.1) is 10.6 Å². The van der Waals surface area contributed by atoms with Crippen molar-refractivity contribution in [2.75, 3.05) is 33.2 Å². The number of halogens is 1. The predicted octanol–water partition coefficient (Wildman–Crippen LogP) is 2.09. The van der Waals surface area contributed by atoms with Crippen LogP contribution in [0.25, 0.3) is 0 Å². The molecule has 1 aromatic heterocycles. The summed E-state index contributed by atoms with van der Waals surface area (Å²) in [5.74, 6) is 0.754. The van der Waals surface area contributed by atoms with Gasteiger partial charge in [-0.3, -0.25) is 20.0 Å². The molecule has 2 aromatic rings. The van der Waals surface area contributed by atoms with E-state index in [1.807, 2.05) is 6.07 Å². The number of rotatable bonds is 5. The molecule has 0 amide bonds. The molecule has 27 heavy (non-hydrogen) atoms. The molecule has 1 N–H and O–H groups in total. The van der Waals surface area contributed by atoms with E-state index in [-0.39, 0.29) is 34.6 Å². The summed E-state index contributed by atoms with van der Waals surface area (Å²) in [6, 6.07) is 8.62. The summed E-state index contributed by atoms with van der Waals surface area (Å²) in [5, 5.41) is 18.3. The summed E-state index contributed by atoms with van der Waals surface area (Å²) in [4.78, 5) is 19.6. The number of para-hydroxylation sites is 1. The Morgan fingerprint density at radius 2 is 2.04 bits per heavy atom. The van der Waals surface area contributed by atoms with E-state index in [0.29, 0.717) is 12.1 Å².